The summed E-state index contributed by atoms with van der Waals surface area (Å²) in [5, 5.41) is 0. The predicted octanol–water partition coefficient (Wildman–Crippen LogP) is 6.65. The van der Waals surface area contributed by atoms with Crippen LogP contribution in [-0.4, -0.2) is 0 Å². The third-order valence-corrected chi connectivity index (χ3v) is 3.40. The average Bonchev–Trinajstić information content (AvgIpc) is 2.43. The summed E-state index contributed by atoms with van der Waals surface area (Å²) < 4.78 is 14.3. The third-order valence-electron chi connectivity index (χ3n) is 3.40. The van der Waals surface area contributed by atoms with Gasteiger partial charge in [0.05, 0.1) is 0 Å². The van der Waals surface area contributed by atoms with Crippen LogP contribution < -0.4 is 0 Å². The van der Waals surface area contributed by atoms with Crippen molar-refractivity contribution in [2.75, 3.05) is 0 Å². The highest BCUT2D eigenvalue weighted by Gasteiger charge is 2.04. The molecule has 0 N–H and O–H groups in total. The lowest BCUT2D eigenvalue weighted by atomic mass is 10.0. The first-order valence-corrected chi connectivity index (χ1v) is 7.75. The monoisotopic (exact) mass is 274 g/mol. The number of rotatable bonds is 7. The lowest BCUT2D eigenvalue weighted by Gasteiger charge is -2.06. The molecule has 0 aliphatic heterocycles. The first-order valence-electron chi connectivity index (χ1n) is 7.75. The van der Waals surface area contributed by atoms with Crippen molar-refractivity contribution in [2.45, 2.75) is 59.3 Å². The molecule has 20 heavy (non-hydrogen) atoms. The van der Waals surface area contributed by atoms with Crippen molar-refractivity contribution in [3.63, 3.8) is 0 Å². The van der Waals surface area contributed by atoms with E-state index in [1.165, 1.54) is 5.56 Å². The molecule has 0 unspecified atom stereocenters. The molecule has 0 atom stereocenters. The van der Waals surface area contributed by atoms with Gasteiger partial charge in [-0.3, -0.25) is 0 Å². The third kappa shape index (κ3) is 5.32. The Morgan fingerprint density at radius 1 is 1.10 bits per heavy atom. The topological polar surface area (TPSA) is 0 Å². The first kappa shape index (κ1) is 16.7. The maximum absolute atomic E-state index is 14.3. The van der Waals surface area contributed by atoms with Crippen LogP contribution >= 0.6 is 0 Å². The lowest BCUT2D eigenvalue weighted by Crippen LogP contribution is -1.88. The Kier molecular flexibility index (Phi) is 7.28. The van der Waals surface area contributed by atoms with Crippen LogP contribution in [-0.2, 0) is 0 Å². The number of unbranched alkanes of at least 4 members (excludes halogenated alkanes) is 1. The van der Waals surface area contributed by atoms with Gasteiger partial charge in [0.25, 0.3) is 0 Å². The van der Waals surface area contributed by atoms with Gasteiger partial charge < -0.3 is 0 Å². The first-order chi connectivity index (χ1) is 9.58. The van der Waals surface area contributed by atoms with Crippen LogP contribution in [0.1, 0.15) is 70.4 Å². The highest BCUT2D eigenvalue weighted by atomic mass is 19.1. The molecule has 0 fully saturated rings. The van der Waals surface area contributed by atoms with E-state index >= 15 is 0 Å². The smallest absolute Gasteiger partial charge is 0.126 e. The molecule has 110 valence electrons. The fourth-order valence-corrected chi connectivity index (χ4v) is 2.12. The van der Waals surface area contributed by atoms with E-state index in [1.807, 2.05) is 18.2 Å². The molecule has 0 aromatic heterocycles. The Bertz CT molecular complexity index is 449. The molecule has 0 spiro atoms. The van der Waals surface area contributed by atoms with E-state index < -0.39 is 0 Å². The molecule has 0 nitrogen and oxygen atoms in total. The Labute approximate surface area is 123 Å². The molecule has 0 saturated carbocycles. The number of halogens is 1. The predicted molar refractivity (Wildman–Crippen MR) is 87.5 cm³/mol. The summed E-state index contributed by atoms with van der Waals surface area (Å²) in [6.07, 6.45) is 7.49. The minimum Gasteiger partial charge on any atom is -0.207 e. The Hall–Kier alpha value is -1.37. The summed E-state index contributed by atoms with van der Waals surface area (Å²) in [5.74, 6) is 0.426. The molecule has 0 aliphatic rings. The molecule has 0 amide bonds. The largest absolute Gasteiger partial charge is 0.207 e. The van der Waals surface area contributed by atoms with E-state index in [4.69, 9.17) is 0 Å². The number of hydrogen-bond acceptors (Lipinski definition) is 0. The number of allylic oxidation sites excluding steroid dienone is 3. The van der Waals surface area contributed by atoms with Gasteiger partial charge in [-0.05, 0) is 41.5 Å². The van der Waals surface area contributed by atoms with Crippen LogP contribution in [0.3, 0.4) is 0 Å². The Morgan fingerprint density at radius 3 is 2.25 bits per heavy atom. The summed E-state index contributed by atoms with van der Waals surface area (Å²) in [5.41, 5.74) is 3.07. The maximum atomic E-state index is 14.3. The molecule has 0 heterocycles. The second kappa shape index (κ2) is 8.73. The average molecular weight is 274 g/mol. The SMILES string of the molecule is CCC/C=C(CCC)/C(F)=C/c1ccc(C(C)C)cc1. The summed E-state index contributed by atoms with van der Waals surface area (Å²) in [6.45, 7) is 8.54. The van der Waals surface area contributed by atoms with Gasteiger partial charge in [-0.15, -0.1) is 0 Å². The van der Waals surface area contributed by atoms with Crippen LogP contribution in [0.2, 0.25) is 0 Å². The standard InChI is InChI=1S/C19H27F/c1-5-7-9-18(8-6-2)19(20)14-16-10-12-17(13-11-16)15(3)4/h9-15H,5-8H2,1-4H3/b18-9+,19-14-. The van der Waals surface area contributed by atoms with Gasteiger partial charge in [0.1, 0.15) is 5.83 Å². The zero-order valence-corrected chi connectivity index (χ0v) is 13.2. The van der Waals surface area contributed by atoms with Crippen molar-refractivity contribution < 1.29 is 4.39 Å². The van der Waals surface area contributed by atoms with E-state index in [2.05, 4.69) is 39.8 Å². The van der Waals surface area contributed by atoms with Crippen LogP contribution in [0.25, 0.3) is 6.08 Å². The van der Waals surface area contributed by atoms with Gasteiger partial charge in [-0.25, -0.2) is 4.39 Å². The van der Waals surface area contributed by atoms with Crippen molar-refractivity contribution >= 4 is 6.08 Å². The summed E-state index contributed by atoms with van der Waals surface area (Å²) >= 11 is 0. The molecule has 1 heteroatoms. The quantitative estimate of drug-likeness (QED) is 0.488. The lowest BCUT2D eigenvalue weighted by molar-refractivity contribution is 0.640. The minimum atomic E-state index is -0.0856. The Morgan fingerprint density at radius 2 is 1.75 bits per heavy atom. The molecule has 0 bridgehead atoms. The van der Waals surface area contributed by atoms with E-state index in [9.17, 15) is 4.39 Å². The van der Waals surface area contributed by atoms with Crippen LogP contribution in [0.4, 0.5) is 4.39 Å². The van der Waals surface area contributed by atoms with Gasteiger partial charge in [0.15, 0.2) is 0 Å². The van der Waals surface area contributed by atoms with E-state index in [0.717, 1.165) is 36.8 Å². The summed E-state index contributed by atoms with van der Waals surface area (Å²) in [4.78, 5) is 0. The number of hydrogen-bond donors (Lipinski definition) is 0. The molecule has 1 aromatic carbocycles. The minimum absolute atomic E-state index is 0.0856. The molecule has 0 radical (unpaired) electrons. The molecule has 0 aliphatic carbocycles. The zero-order chi connectivity index (χ0) is 15.0. The summed E-state index contributed by atoms with van der Waals surface area (Å²) in [7, 11) is 0. The fourth-order valence-electron chi connectivity index (χ4n) is 2.12. The van der Waals surface area contributed by atoms with Gasteiger partial charge in [0.2, 0.25) is 0 Å². The van der Waals surface area contributed by atoms with E-state index in [1.54, 1.807) is 6.08 Å². The molecule has 1 aromatic rings. The summed E-state index contributed by atoms with van der Waals surface area (Å²) in [6, 6.07) is 8.16. The van der Waals surface area contributed by atoms with Crippen LogP contribution in [0.15, 0.2) is 41.7 Å². The van der Waals surface area contributed by atoms with Crippen LogP contribution in [0, 0.1) is 0 Å². The second-order valence-corrected chi connectivity index (χ2v) is 5.58. The van der Waals surface area contributed by atoms with Crippen molar-refractivity contribution in [1.29, 1.82) is 0 Å². The van der Waals surface area contributed by atoms with Crippen molar-refractivity contribution in [2.24, 2.45) is 0 Å². The second-order valence-electron chi connectivity index (χ2n) is 5.58. The zero-order valence-electron chi connectivity index (χ0n) is 13.2. The van der Waals surface area contributed by atoms with Gasteiger partial charge in [-0.1, -0.05) is 70.9 Å². The van der Waals surface area contributed by atoms with Gasteiger partial charge >= 0.3 is 0 Å². The molecule has 0 saturated heterocycles. The van der Waals surface area contributed by atoms with Crippen molar-refractivity contribution in [1.82, 2.24) is 0 Å². The Balaban J connectivity index is 2.89. The van der Waals surface area contributed by atoms with Gasteiger partial charge in [-0.2, -0.15) is 0 Å². The molecular weight excluding hydrogens is 247 g/mol. The highest BCUT2D eigenvalue weighted by molar-refractivity contribution is 5.56. The molecule has 1 rings (SSSR count). The van der Waals surface area contributed by atoms with E-state index in [0.29, 0.717) is 5.92 Å². The normalized spacial score (nSPS) is 13.1. The van der Waals surface area contributed by atoms with Crippen molar-refractivity contribution in [3.8, 4) is 0 Å². The van der Waals surface area contributed by atoms with Gasteiger partial charge in [0, 0.05) is 0 Å². The van der Waals surface area contributed by atoms with Crippen molar-refractivity contribution in [3.05, 3.63) is 52.9 Å². The highest BCUT2D eigenvalue weighted by Crippen LogP contribution is 2.22. The van der Waals surface area contributed by atoms with E-state index in [-0.39, 0.29) is 5.83 Å². The van der Waals surface area contributed by atoms with Crippen LogP contribution in [0.5, 0.6) is 0 Å². The fraction of sp³-hybridized carbons (Fsp3) is 0.474. The maximum Gasteiger partial charge on any atom is 0.126 e. The molecular formula is C19H27F. The number of benzene rings is 1.